The van der Waals surface area contributed by atoms with Crippen molar-refractivity contribution >= 4 is 27.6 Å². The minimum atomic E-state index is -0.832. The molecule has 0 fully saturated rings. The number of carboxylic acids is 1. The molecule has 0 spiro atoms. The van der Waals surface area contributed by atoms with E-state index in [1.54, 1.807) is 12.1 Å². The third-order valence-corrected chi connectivity index (χ3v) is 3.79. The normalized spacial score (nSPS) is 13.4. The molecule has 3 nitrogen and oxygen atoms in total. The number of aliphatic carboxylic acids is 1. The highest BCUT2D eigenvalue weighted by molar-refractivity contribution is 9.10. The van der Waals surface area contributed by atoms with Crippen LogP contribution in [0.5, 0.6) is 0 Å². The van der Waals surface area contributed by atoms with E-state index < -0.39 is 11.9 Å². The van der Waals surface area contributed by atoms with Crippen LogP contribution in [-0.4, -0.2) is 11.1 Å². The Hall–Kier alpha value is -1.03. The maximum Gasteiger partial charge on any atom is 0.311 e. The highest BCUT2D eigenvalue weighted by atomic mass is 79.9. The number of rotatable bonds is 4. The molecule has 94 valence electrons. The minimum absolute atomic E-state index is 0.333. The van der Waals surface area contributed by atoms with E-state index in [1.807, 2.05) is 26.8 Å². The number of carbonyl (C=O) groups is 1. The summed E-state index contributed by atoms with van der Waals surface area (Å²) in [6, 6.07) is 5.35. The molecule has 0 bridgehead atoms. The summed E-state index contributed by atoms with van der Waals surface area (Å²) in [5, 5.41) is 9.44. The maximum atomic E-state index is 11.5. The monoisotopic (exact) mass is 299 g/mol. The van der Waals surface area contributed by atoms with Crippen molar-refractivity contribution in [2.45, 2.75) is 33.1 Å². The van der Waals surface area contributed by atoms with Gasteiger partial charge in [-0.25, -0.2) is 0 Å². The average molecular weight is 300 g/mol. The second-order valence-electron chi connectivity index (χ2n) is 4.89. The molecule has 1 aromatic rings. The summed E-state index contributed by atoms with van der Waals surface area (Å²) in [4.78, 5) is 11.5. The Morgan fingerprint density at radius 3 is 2.59 bits per heavy atom. The van der Waals surface area contributed by atoms with Gasteiger partial charge in [-0.05, 0) is 35.6 Å². The number of hydrogen-bond donors (Lipinski definition) is 2. The van der Waals surface area contributed by atoms with Crippen molar-refractivity contribution in [3.05, 3.63) is 28.2 Å². The zero-order chi connectivity index (χ0) is 13.2. The molecule has 4 heteroatoms. The first-order valence-corrected chi connectivity index (χ1v) is 6.36. The van der Waals surface area contributed by atoms with E-state index >= 15 is 0 Å². The molecule has 0 aliphatic rings. The molecule has 1 aromatic carbocycles. The van der Waals surface area contributed by atoms with E-state index in [0.29, 0.717) is 11.3 Å². The number of carboxylic acid groups (broad SMARTS) is 1. The largest absolute Gasteiger partial charge is 0.481 e. The second-order valence-corrected chi connectivity index (χ2v) is 5.80. The van der Waals surface area contributed by atoms with Crippen LogP contribution in [0, 0.1) is 5.41 Å². The Morgan fingerprint density at radius 1 is 1.53 bits per heavy atom. The summed E-state index contributed by atoms with van der Waals surface area (Å²) < 4.78 is 0.847. The SMILES string of the molecule is CCC(C)(C)C(C(=O)O)c1cc(Br)ccc1N. The Labute approximate surface area is 110 Å². The lowest BCUT2D eigenvalue weighted by Gasteiger charge is -2.31. The zero-order valence-corrected chi connectivity index (χ0v) is 11.9. The summed E-state index contributed by atoms with van der Waals surface area (Å²) in [5.74, 6) is -1.42. The number of nitrogen functional groups attached to an aromatic ring is 1. The van der Waals surface area contributed by atoms with E-state index in [-0.39, 0.29) is 5.41 Å². The van der Waals surface area contributed by atoms with Gasteiger partial charge in [0.15, 0.2) is 0 Å². The van der Waals surface area contributed by atoms with Crippen LogP contribution in [-0.2, 0) is 4.79 Å². The van der Waals surface area contributed by atoms with Crippen molar-refractivity contribution in [2.75, 3.05) is 5.73 Å². The van der Waals surface area contributed by atoms with Gasteiger partial charge in [0.2, 0.25) is 0 Å². The van der Waals surface area contributed by atoms with Gasteiger partial charge in [0.25, 0.3) is 0 Å². The minimum Gasteiger partial charge on any atom is -0.481 e. The van der Waals surface area contributed by atoms with Crippen LogP contribution >= 0.6 is 15.9 Å². The highest BCUT2D eigenvalue weighted by Crippen LogP contribution is 2.41. The summed E-state index contributed by atoms with van der Waals surface area (Å²) in [6.45, 7) is 5.89. The number of benzene rings is 1. The van der Waals surface area contributed by atoms with E-state index in [1.165, 1.54) is 0 Å². The fourth-order valence-electron chi connectivity index (χ4n) is 1.89. The van der Waals surface area contributed by atoms with Gasteiger partial charge in [0, 0.05) is 10.2 Å². The smallest absolute Gasteiger partial charge is 0.311 e. The van der Waals surface area contributed by atoms with Crippen LogP contribution in [0.1, 0.15) is 38.7 Å². The fourth-order valence-corrected chi connectivity index (χ4v) is 2.27. The molecule has 1 unspecified atom stereocenters. The molecular formula is C13H18BrNO2. The molecule has 1 atom stereocenters. The van der Waals surface area contributed by atoms with Gasteiger partial charge >= 0.3 is 5.97 Å². The van der Waals surface area contributed by atoms with Crippen molar-refractivity contribution in [1.29, 1.82) is 0 Å². The molecule has 0 heterocycles. The first kappa shape index (κ1) is 14.0. The van der Waals surface area contributed by atoms with E-state index in [2.05, 4.69) is 15.9 Å². The van der Waals surface area contributed by atoms with Gasteiger partial charge in [-0.15, -0.1) is 0 Å². The lowest BCUT2D eigenvalue weighted by molar-refractivity contribution is -0.141. The Bertz CT molecular complexity index is 429. The van der Waals surface area contributed by atoms with Crippen LogP contribution in [0.15, 0.2) is 22.7 Å². The van der Waals surface area contributed by atoms with E-state index in [4.69, 9.17) is 5.73 Å². The first-order chi connectivity index (χ1) is 7.79. The van der Waals surface area contributed by atoms with Gasteiger partial charge in [-0.2, -0.15) is 0 Å². The number of anilines is 1. The standard InChI is InChI=1S/C13H18BrNO2/c1-4-13(2,3)11(12(16)17)9-7-8(14)5-6-10(9)15/h5-7,11H,4,15H2,1-3H3,(H,16,17). The average Bonchev–Trinajstić information content (AvgIpc) is 2.22. The second kappa shape index (κ2) is 5.08. The molecule has 0 radical (unpaired) electrons. The lowest BCUT2D eigenvalue weighted by Crippen LogP contribution is -2.29. The van der Waals surface area contributed by atoms with Crippen LogP contribution in [0.3, 0.4) is 0 Å². The van der Waals surface area contributed by atoms with E-state index in [0.717, 1.165) is 10.9 Å². The van der Waals surface area contributed by atoms with Gasteiger partial charge in [0.1, 0.15) is 0 Å². The quantitative estimate of drug-likeness (QED) is 0.834. The molecule has 1 rings (SSSR count). The van der Waals surface area contributed by atoms with Crippen LogP contribution in [0.4, 0.5) is 5.69 Å². The molecule has 0 aliphatic heterocycles. The van der Waals surface area contributed by atoms with Crippen molar-refractivity contribution in [2.24, 2.45) is 5.41 Å². The molecule has 0 saturated heterocycles. The van der Waals surface area contributed by atoms with Gasteiger partial charge in [-0.1, -0.05) is 36.7 Å². The molecule has 0 aliphatic carbocycles. The maximum absolute atomic E-state index is 11.5. The van der Waals surface area contributed by atoms with E-state index in [9.17, 15) is 9.90 Å². The molecule has 17 heavy (non-hydrogen) atoms. The summed E-state index contributed by atoms with van der Waals surface area (Å²) in [7, 11) is 0. The van der Waals surface area contributed by atoms with Crippen LogP contribution < -0.4 is 5.73 Å². The van der Waals surface area contributed by atoms with Gasteiger partial charge < -0.3 is 10.8 Å². The topological polar surface area (TPSA) is 63.3 Å². The van der Waals surface area contributed by atoms with Crippen molar-refractivity contribution in [3.63, 3.8) is 0 Å². The van der Waals surface area contributed by atoms with Crippen LogP contribution in [0.25, 0.3) is 0 Å². The Kier molecular flexibility index (Phi) is 4.20. The van der Waals surface area contributed by atoms with Crippen LogP contribution in [0.2, 0.25) is 0 Å². The Morgan fingerprint density at radius 2 is 2.12 bits per heavy atom. The van der Waals surface area contributed by atoms with Gasteiger partial charge in [0.05, 0.1) is 5.92 Å². The molecular weight excluding hydrogens is 282 g/mol. The number of nitrogens with two attached hydrogens (primary N) is 1. The molecule has 0 saturated carbocycles. The number of halogens is 1. The van der Waals surface area contributed by atoms with Crippen molar-refractivity contribution in [1.82, 2.24) is 0 Å². The summed E-state index contributed by atoms with van der Waals surface area (Å²) in [6.07, 6.45) is 0.774. The lowest BCUT2D eigenvalue weighted by atomic mass is 9.73. The zero-order valence-electron chi connectivity index (χ0n) is 10.3. The predicted molar refractivity (Wildman–Crippen MR) is 73.0 cm³/mol. The molecule has 0 amide bonds. The molecule has 0 aromatic heterocycles. The number of hydrogen-bond acceptors (Lipinski definition) is 2. The highest BCUT2D eigenvalue weighted by Gasteiger charge is 2.36. The fraction of sp³-hybridized carbons (Fsp3) is 0.462. The first-order valence-electron chi connectivity index (χ1n) is 5.57. The summed E-state index contributed by atoms with van der Waals surface area (Å²) >= 11 is 3.35. The summed E-state index contributed by atoms with van der Waals surface area (Å²) in [5.41, 5.74) is 6.77. The molecule has 3 N–H and O–H groups in total. The van der Waals surface area contributed by atoms with Crippen molar-refractivity contribution in [3.8, 4) is 0 Å². The third kappa shape index (κ3) is 3.00. The van der Waals surface area contributed by atoms with Crippen molar-refractivity contribution < 1.29 is 9.90 Å². The third-order valence-electron chi connectivity index (χ3n) is 3.30. The predicted octanol–water partition coefficient (Wildman–Crippen LogP) is 3.64. The Balaban J connectivity index is 3.33. The van der Waals surface area contributed by atoms with Gasteiger partial charge in [-0.3, -0.25) is 4.79 Å².